The van der Waals surface area contributed by atoms with Gasteiger partial charge in [0, 0.05) is 26.4 Å². The molecule has 0 saturated heterocycles. The molecule has 3 N–H and O–H groups in total. The molecule has 0 heterocycles. The molecule has 0 unspecified atom stereocenters. The number of amides is 1. The van der Waals surface area contributed by atoms with Gasteiger partial charge in [-0.05, 0) is 6.42 Å². The van der Waals surface area contributed by atoms with E-state index in [1.165, 1.54) is 44.9 Å². The highest BCUT2D eigenvalue weighted by Crippen LogP contribution is 2.11. The van der Waals surface area contributed by atoms with Crippen molar-refractivity contribution in [1.29, 1.82) is 0 Å². The number of unbranched alkanes of at least 4 members (excludes halogenated alkanes) is 8. The molecule has 0 aliphatic carbocycles. The molecule has 6 heteroatoms. The number of nitrogens with zero attached hydrogens (tertiary/aromatic N) is 1. The van der Waals surface area contributed by atoms with Gasteiger partial charge in [0.05, 0.1) is 13.2 Å². The lowest BCUT2D eigenvalue weighted by atomic mass is 10.1. The Balaban J connectivity index is 0. The Kier molecular flexibility index (Phi) is 20.8. The minimum Gasteiger partial charge on any atom is -0.481 e. The SMILES string of the molecule is CC(=O)O.CCCCCCCCCCCC(=O)N(CCO)CCO. The number of carbonyl (C=O) groups is 2. The summed E-state index contributed by atoms with van der Waals surface area (Å²) in [7, 11) is 0. The number of aliphatic hydroxyl groups excluding tert-OH is 2. The molecule has 0 radical (unpaired) electrons. The zero-order chi connectivity index (χ0) is 18.6. The van der Waals surface area contributed by atoms with E-state index in [9.17, 15) is 4.79 Å². The van der Waals surface area contributed by atoms with Crippen LogP contribution >= 0.6 is 0 Å². The van der Waals surface area contributed by atoms with Crippen molar-refractivity contribution in [1.82, 2.24) is 4.90 Å². The Hall–Kier alpha value is -1.14. The number of carbonyl (C=O) groups excluding carboxylic acids is 1. The van der Waals surface area contributed by atoms with Crippen molar-refractivity contribution in [2.45, 2.75) is 78.1 Å². The molecule has 0 aliphatic rings. The van der Waals surface area contributed by atoms with Gasteiger partial charge in [0.1, 0.15) is 0 Å². The van der Waals surface area contributed by atoms with Crippen LogP contribution in [0, 0.1) is 0 Å². The van der Waals surface area contributed by atoms with Crippen LogP contribution in [0.4, 0.5) is 0 Å². The molecule has 0 saturated carbocycles. The molecule has 0 fully saturated rings. The van der Waals surface area contributed by atoms with Crippen LogP contribution in [-0.2, 0) is 9.59 Å². The number of aliphatic hydroxyl groups is 2. The molecule has 0 spiro atoms. The maximum Gasteiger partial charge on any atom is 0.300 e. The van der Waals surface area contributed by atoms with Gasteiger partial charge in [-0.25, -0.2) is 0 Å². The van der Waals surface area contributed by atoms with E-state index in [-0.39, 0.29) is 19.1 Å². The molecule has 0 aliphatic heterocycles. The van der Waals surface area contributed by atoms with E-state index in [4.69, 9.17) is 20.1 Å². The second-order valence-electron chi connectivity index (χ2n) is 5.93. The highest BCUT2D eigenvalue weighted by molar-refractivity contribution is 5.76. The molecule has 24 heavy (non-hydrogen) atoms. The first-order chi connectivity index (χ1) is 11.5. The van der Waals surface area contributed by atoms with Gasteiger partial charge in [0.25, 0.3) is 5.97 Å². The summed E-state index contributed by atoms with van der Waals surface area (Å²) in [6.45, 7) is 3.90. The molecular formula is C18H37NO5. The summed E-state index contributed by atoms with van der Waals surface area (Å²) in [5.41, 5.74) is 0. The first-order valence-electron chi connectivity index (χ1n) is 9.18. The van der Waals surface area contributed by atoms with Crippen molar-refractivity contribution in [2.24, 2.45) is 0 Å². The van der Waals surface area contributed by atoms with Crippen LogP contribution in [0.1, 0.15) is 78.1 Å². The fourth-order valence-corrected chi connectivity index (χ4v) is 2.35. The van der Waals surface area contributed by atoms with Crippen molar-refractivity contribution < 1.29 is 24.9 Å². The maximum absolute atomic E-state index is 11.8. The second kappa shape index (κ2) is 19.9. The van der Waals surface area contributed by atoms with Crippen molar-refractivity contribution in [3.63, 3.8) is 0 Å². The minimum absolute atomic E-state index is 0.0382. The summed E-state index contributed by atoms with van der Waals surface area (Å²) in [6, 6.07) is 0. The Morgan fingerprint density at radius 2 is 1.17 bits per heavy atom. The molecule has 0 rings (SSSR count). The van der Waals surface area contributed by atoms with Gasteiger partial charge >= 0.3 is 0 Å². The predicted molar refractivity (Wildman–Crippen MR) is 95.9 cm³/mol. The fourth-order valence-electron chi connectivity index (χ4n) is 2.35. The van der Waals surface area contributed by atoms with Crippen molar-refractivity contribution in [3.05, 3.63) is 0 Å². The molecule has 0 aromatic rings. The topological polar surface area (TPSA) is 98.1 Å². The van der Waals surface area contributed by atoms with E-state index < -0.39 is 5.97 Å². The van der Waals surface area contributed by atoms with Crippen LogP contribution in [0.15, 0.2) is 0 Å². The summed E-state index contributed by atoms with van der Waals surface area (Å²) < 4.78 is 0. The Labute approximate surface area is 146 Å². The number of hydrogen-bond acceptors (Lipinski definition) is 4. The molecule has 1 amide bonds. The quantitative estimate of drug-likeness (QED) is 0.420. The van der Waals surface area contributed by atoms with Crippen LogP contribution in [0.3, 0.4) is 0 Å². The maximum atomic E-state index is 11.8. The molecular weight excluding hydrogens is 310 g/mol. The summed E-state index contributed by atoms with van der Waals surface area (Å²) in [5, 5.41) is 25.2. The third kappa shape index (κ3) is 20.9. The third-order valence-corrected chi connectivity index (χ3v) is 3.59. The molecule has 0 atom stereocenters. The number of rotatable bonds is 14. The van der Waals surface area contributed by atoms with Gasteiger partial charge in [-0.15, -0.1) is 0 Å². The average Bonchev–Trinajstić information content (AvgIpc) is 2.52. The lowest BCUT2D eigenvalue weighted by molar-refractivity contribution is -0.134. The first-order valence-corrected chi connectivity index (χ1v) is 9.18. The lowest BCUT2D eigenvalue weighted by Gasteiger charge is -2.20. The smallest absolute Gasteiger partial charge is 0.300 e. The number of carboxylic acid groups (broad SMARTS) is 1. The Morgan fingerprint density at radius 1 is 0.792 bits per heavy atom. The highest BCUT2D eigenvalue weighted by Gasteiger charge is 2.11. The summed E-state index contributed by atoms with van der Waals surface area (Å²) in [4.78, 5) is 22.4. The molecule has 0 aromatic carbocycles. The zero-order valence-corrected chi connectivity index (χ0v) is 15.5. The van der Waals surface area contributed by atoms with Gasteiger partial charge in [-0.3, -0.25) is 9.59 Å². The number of hydrogen-bond donors (Lipinski definition) is 3. The summed E-state index contributed by atoms with van der Waals surface area (Å²) in [5.74, 6) is -0.781. The predicted octanol–water partition coefficient (Wildman–Crippen LogP) is 2.81. The number of carboxylic acids is 1. The first kappa shape index (κ1) is 25.1. The van der Waals surface area contributed by atoms with Gasteiger partial charge in [-0.1, -0.05) is 58.3 Å². The fraction of sp³-hybridized carbons (Fsp3) is 0.889. The average molecular weight is 347 g/mol. The summed E-state index contributed by atoms with van der Waals surface area (Å²) >= 11 is 0. The van der Waals surface area contributed by atoms with Crippen LogP contribution in [0.25, 0.3) is 0 Å². The van der Waals surface area contributed by atoms with Gasteiger partial charge < -0.3 is 20.2 Å². The third-order valence-electron chi connectivity index (χ3n) is 3.59. The van der Waals surface area contributed by atoms with E-state index in [0.717, 1.165) is 19.8 Å². The van der Waals surface area contributed by atoms with E-state index in [1.807, 2.05) is 0 Å². The second-order valence-corrected chi connectivity index (χ2v) is 5.93. The highest BCUT2D eigenvalue weighted by atomic mass is 16.4. The van der Waals surface area contributed by atoms with Gasteiger partial charge in [0.15, 0.2) is 0 Å². The molecule has 144 valence electrons. The Morgan fingerprint density at radius 3 is 1.54 bits per heavy atom. The normalized spacial score (nSPS) is 10.0. The van der Waals surface area contributed by atoms with E-state index in [1.54, 1.807) is 4.90 Å². The van der Waals surface area contributed by atoms with Crippen LogP contribution in [-0.4, -0.2) is 58.4 Å². The molecule has 0 bridgehead atoms. The van der Waals surface area contributed by atoms with Crippen molar-refractivity contribution in [2.75, 3.05) is 26.3 Å². The Bertz CT molecular complexity index is 287. The standard InChI is InChI=1S/C16H33NO3.C2H4O2/c1-2-3-4-5-6-7-8-9-10-11-16(20)17(12-14-18)13-15-19;1-2(3)4/h18-19H,2-15H2,1H3;1H3,(H,3,4). The zero-order valence-electron chi connectivity index (χ0n) is 15.5. The molecule has 6 nitrogen and oxygen atoms in total. The summed E-state index contributed by atoms with van der Waals surface area (Å²) in [6.07, 6.45) is 11.7. The number of aliphatic carboxylic acids is 1. The van der Waals surface area contributed by atoms with Crippen LogP contribution < -0.4 is 0 Å². The van der Waals surface area contributed by atoms with E-state index in [2.05, 4.69) is 6.92 Å². The lowest BCUT2D eigenvalue weighted by Crippen LogP contribution is -2.35. The van der Waals surface area contributed by atoms with Crippen LogP contribution in [0.2, 0.25) is 0 Å². The van der Waals surface area contributed by atoms with Crippen molar-refractivity contribution in [3.8, 4) is 0 Å². The van der Waals surface area contributed by atoms with Crippen molar-refractivity contribution >= 4 is 11.9 Å². The van der Waals surface area contributed by atoms with E-state index >= 15 is 0 Å². The molecule has 0 aromatic heterocycles. The largest absolute Gasteiger partial charge is 0.481 e. The van der Waals surface area contributed by atoms with E-state index in [0.29, 0.717) is 19.5 Å². The minimum atomic E-state index is -0.833. The monoisotopic (exact) mass is 347 g/mol. The van der Waals surface area contributed by atoms with Gasteiger partial charge in [-0.2, -0.15) is 0 Å². The van der Waals surface area contributed by atoms with Gasteiger partial charge in [0.2, 0.25) is 5.91 Å². The van der Waals surface area contributed by atoms with Crippen LogP contribution in [0.5, 0.6) is 0 Å².